The number of phenolic OH excluding ortho intramolecular Hbond substituents is 1. The molecule has 0 amide bonds. The van der Waals surface area contributed by atoms with Crippen LogP contribution in [-0.4, -0.2) is 68.8 Å². The molecule has 0 unspecified atom stereocenters. The topological polar surface area (TPSA) is 173 Å². The number of unbranched alkanes of at least 4 members (excludes halogenated alkanes) is 6. The van der Waals surface area contributed by atoms with Gasteiger partial charge in [-0.3, -0.25) is 4.55 Å². The van der Waals surface area contributed by atoms with Crippen molar-refractivity contribution < 1.29 is 45.6 Å². The van der Waals surface area contributed by atoms with Crippen LogP contribution in [0.2, 0.25) is 0 Å². The molecule has 2 N–H and O–H groups in total. The van der Waals surface area contributed by atoms with Gasteiger partial charge in [-0.15, -0.1) is 5.75 Å². The predicted molar refractivity (Wildman–Crippen MR) is 186 cm³/mol. The number of ether oxygens (including phenoxy) is 2. The second-order valence-electron chi connectivity index (χ2n) is 11.3. The van der Waals surface area contributed by atoms with Crippen molar-refractivity contribution in [3.8, 4) is 34.5 Å². The van der Waals surface area contributed by atoms with Crippen molar-refractivity contribution in [2.45, 2.75) is 87.8 Å². The summed E-state index contributed by atoms with van der Waals surface area (Å²) in [5, 5.41) is 21.8. The van der Waals surface area contributed by atoms with Crippen LogP contribution in [0.25, 0.3) is 0 Å². The Morgan fingerprint density at radius 2 is 1.02 bits per heavy atom. The Morgan fingerprint density at radius 1 is 0.592 bits per heavy atom. The van der Waals surface area contributed by atoms with Crippen LogP contribution >= 0.6 is 0 Å². The van der Waals surface area contributed by atoms with E-state index in [1.807, 2.05) is 0 Å². The first-order valence-corrected chi connectivity index (χ1v) is 18.8. The summed E-state index contributed by atoms with van der Waals surface area (Å²) in [6.45, 7) is 4.29. The molecule has 0 aliphatic rings. The van der Waals surface area contributed by atoms with Gasteiger partial charge in [-0.2, -0.15) is 8.42 Å². The smallest absolute Gasteiger partial charge is 0.872 e. The predicted octanol–water partition coefficient (Wildman–Crippen LogP) is 7.75. The minimum Gasteiger partial charge on any atom is -0.872 e. The molecule has 0 aliphatic heterocycles. The van der Waals surface area contributed by atoms with E-state index in [9.17, 15) is 31.6 Å². The van der Waals surface area contributed by atoms with Crippen molar-refractivity contribution in [3.63, 3.8) is 0 Å². The Balaban J connectivity index is 0.000000333. The summed E-state index contributed by atoms with van der Waals surface area (Å²) in [7, 11) is -8.68. The third kappa shape index (κ3) is 14.9. The van der Waals surface area contributed by atoms with Gasteiger partial charge in [0.1, 0.15) is 38.9 Å². The second kappa shape index (κ2) is 20.7. The van der Waals surface area contributed by atoms with Crippen LogP contribution in [0.4, 0.5) is 0 Å². The molecule has 4 aromatic carbocycles. The van der Waals surface area contributed by atoms with Gasteiger partial charge in [-0.1, -0.05) is 64.0 Å². The molecule has 4 rings (SSSR count). The molecule has 0 aromatic heterocycles. The third-order valence-corrected chi connectivity index (χ3v) is 9.11. The zero-order valence-electron chi connectivity index (χ0n) is 27.8. The molecule has 49 heavy (non-hydrogen) atoms. The minimum atomic E-state index is -4.47. The molecule has 260 valence electrons. The maximum atomic E-state index is 11.9. The summed E-state index contributed by atoms with van der Waals surface area (Å²) in [6, 6.07) is 20.5. The molecular formula is C36H42CaO10S2. The van der Waals surface area contributed by atoms with Gasteiger partial charge in [0, 0.05) is 0 Å². The van der Waals surface area contributed by atoms with Gasteiger partial charge in [-0.25, -0.2) is 8.42 Å². The molecule has 0 fully saturated rings. The number of rotatable bonds is 16. The van der Waals surface area contributed by atoms with E-state index in [-0.39, 0.29) is 59.0 Å². The van der Waals surface area contributed by atoms with Crippen molar-refractivity contribution in [3.05, 3.63) is 96.1 Å². The Bertz CT molecular complexity index is 1680. The molecule has 0 aliphatic carbocycles. The number of aromatic hydroxyl groups is 1. The van der Waals surface area contributed by atoms with E-state index >= 15 is 0 Å². The van der Waals surface area contributed by atoms with E-state index in [2.05, 4.69) is 13.8 Å². The van der Waals surface area contributed by atoms with Crippen LogP contribution in [0.1, 0.15) is 76.3 Å². The van der Waals surface area contributed by atoms with Crippen molar-refractivity contribution in [2.24, 2.45) is 0 Å². The van der Waals surface area contributed by atoms with Gasteiger partial charge in [-0.05, 0) is 110 Å². The molecule has 0 heterocycles. The quantitative estimate of drug-likeness (QED) is 0.0657. The fraction of sp³-hybridized carbons (Fsp3) is 0.333. The van der Waals surface area contributed by atoms with Crippen molar-refractivity contribution >= 4 is 58.0 Å². The maximum absolute atomic E-state index is 11.9. The fourth-order valence-corrected chi connectivity index (χ4v) is 5.70. The Kier molecular flexibility index (Phi) is 17.9. The average molecular weight is 739 g/mol. The molecule has 0 bridgehead atoms. The average Bonchev–Trinajstić information content (AvgIpc) is 3.04. The summed E-state index contributed by atoms with van der Waals surface area (Å²) < 4.78 is 75.0. The number of hydrogen-bond donors (Lipinski definition) is 2. The molecule has 0 saturated heterocycles. The van der Waals surface area contributed by atoms with E-state index in [0.717, 1.165) is 56.9 Å². The summed E-state index contributed by atoms with van der Waals surface area (Å²) in [6.07, 6.45) is 10.3. The number of benzene rings is 4. The number of aryl methyl sites for hydroxylation is 2. The first-order valence-electron chi connectivity index (χ1n) is 15.9. The van der Waals surface area contributed by atoms with Gasteiger partial charge in [0.15, 0.2) is 0 Å². The molecule has 0 saturated carbocycles. The molecule has 0 radical (unpaired) electrons. The SMILES string of the molecule is CCCCCCc1cc(Oc2ccc(S(=O)(=O)O)cc2)ccc1O.CCCCCCc1cc(Oc2ccc(S(=O)(=O)[O-])cc2)ccc1[O-].[Ca+2]. The molecule has 13 heteroatoms. The molecule has 10 nitrogen and oxygen atoms in total. The second-order valence-corrected chi connectivity index (χ2v) is 14.1. The van der Waals surface area contributed by atoms with Crippen LogP contribution < -0.4 is 14.6 Å². The zero-order chi connectivity index (χ0) is 35.2. The van der Waals surface area contributed by atoms with Gasteiger partial charge in [0.05, 0.1) is 9.79 Å². The maximum Gasteiger partial charge on any atom is 2.00 e. The summed E-state index contributed by atoms with van der Waals surface area (Å²) in [5.74, 6) is 2.17. The largest absolute Gasteiger partial charge is 2.00 e. The van der Waals surface area contributed by atoms with Crippen LogP contribution in [-0.2, 0) is 33.1 Å². The Labute approximate surface area is 319 Å². The minimum absolute atomic E-state index is 0. The van der Waals surface area contributed by atoms with Gasteiger partial charge in [0.25, 0.3) is 10.1 Å². The Hall–Kier alpha value is -2.84. The normalized spacial score (nSPS) is 11.2. The summed E-state index contributed by atoms with van der Waals surface area (Å²) >= 11 is 0. The van der Waals surface area contributed by atoms with E-state index in [1.165, 1.54) is 61.0 Å². The van der Waals surface area contributed by atoms with Crippen LogP contribution in [0.3, 0.4) is 0 Å². The Morgan fingerprint density at radius 3 is 1.49 bits per heavy atom. The molecule has 4 aromatic rings. The first-order chi connectivity index (χ1) is 22.8. The van der Waals surface area contributed by atoms with Crippen molar-refractivity contribution in [2.75, 3.05) is 0 Å². The van der Waals surface area contributed by atoms with Crippen LogP contribution in [0.15, 0.2) is 94.7 Å². The number of phenols is 1. The van der Waals surface area contributed by atoms with Gasteiger partial charge >= 0.3 is 37.7 Å². The van der Waals surface area contributed by atoms with Crippen molar-refractivity contribution in [1.82, 2.24) is 0 Å². The molecular weight excluding hydrogens is 697 g/mol. The summed E-state index contributed by atoms with van der Waals surface area (Å²) in [5.41, 5.74) is 1.54. The molecule has 0 atom stereocenters. The monoisotopic (exact) mass is 738 g/mol. The van der Waals surface area contributed by atoms with Gasteiger partial charge in [0.2, 0.25) is 0 Å². The third-order valence-electron chi connectivity index (χ3n) is 7.39. The first kappa shape index (κ1) is 42.3. The standard InChI is InChI=1S/2C18H22O5S.Ca/c2*1-2-3-4-5-6-14-13-16(9-12-18(14)19)23-15-7-10-17(11-8-15)24(20,21)22;/h2*7-13,19H,2-6H2,1H3,(H,20,21,22);/q;;+2/p-2. The zero-order valence-corrected chi connectivity index (χ0v) is 31.7. The van der Waals surface area contributed by atoms with E-state index in [0.29, 0.717) is 35.0 Å². The van der Waals surface area contributed by atoms with Gasteiger partial charge < -0.3 is 24.2 Å². The van der Waals surface area contributed by atoms with Crippen LogP contribution in [0.5, 0.6) is 34.5 Å². The molecule has 0 spiro atoms. The summed E-state index contributed by atoms with van der Waals surface area (Å²) in [4.78, 5) is -0.487. The number of hydrogen-bond acceptors (Lipinski definition) is 9. The van der Waals surface area contributed by atoms with Crippen LogP contribution in [0, 0.1) is 0 Å². The van der Waals surface area contributed by atoms with Crippen molar-refractivity contribution in [1.29, 1.82) is 0 Å². The van der Waals surface area contributed by atoms with E-state index in [4.69, 9.17) is 14.0 Å². The fourth-order valence-electron chi connectivity index (χ4n) is 4.75. The van der Waals surface area contributed by atoms with E-state index in [1.54, 1.807) is 30.3 Å². The van der Waals surface area contributed by atoms with E-state index < -0.39 is 20.2 Å².